The van der Waals surface area contributed by atoms with E-state index >= 15 is 0 Å². The zero-order valence-electron chi connectivity index (χ0n) is 8.27. The van der Waals surface area contributed by atoms with Gasteiger partial charge < -0.3 is 9.53 Å². The molecule has 4 heteroatoms. The van der Waals surface area contributed by atoms with Crippen molar-refractivity contribution in [1.82, 2.24) is 0 Å². The summed E-state index contributed by atoms with van der Waals surface area (Å²) in [5.74, 6) is -0.898. The zero-order valence-corrected chi connectivity index (χ0v) is 9.86. The Morgan fingerprint density at radius 2 is 2.33 bits per heavy atom. The van der Waals surface area contributed by atoms with Gasteiger partial charge in [-0.05, 0) is 17.7 Å². The van der Waals surface area contributed by atoms with E-state index in [-0.39, 0.29) is 12.4 Å². The number of aldehydes is 1. The average Bonchev–Trinajstić information content (AvgIpc) is 2.25. The lowest BCUT2D eigenvalue weighted by Crippen LogP contribution is -2.14. The summed E-state index contributed by atoms with van der Waals surface area (Å²) in [5, 5.41) is 0. The molecule has 80 valence electrons. The number of benzene rings is 1. The Labute approximate surface area is 96.6 Å². The van der Waals surface area contributed by atoms with E-state index < -0.39 is 5.92 Å². The largest absolute Gasteiger partial charge is 0.469 e. The zero-order chi connectivity index (χ0) is 11.3. The first-order valence-electron chi connectivity index (χ1n) is 4.46. The Kier molecular flexibility index (Phi) is 4.49. The smallest absolute Gasteiger partial charge is 0.313 e. The molecule has 1 rings (SSSR count). The number of carbonyl (C=O) groups excluding carboxylic acids is 2. The van der Waals surface area contributed by atoms with Crippen LogP contribution in [0.5, 0.6) is 0 Å². The topological polar surface area (TPSA) is 43.4 Å². The predicted molar refractivity (Wildman–Crippen MR) is 59.6 cm³/mol. The van der Waals surface area contributed by atoms with Crippen molar-refractivity contribution < 1.29 is 14.3 Å². The van der Waals surface area contributed by atoms with Gasteiger partial charge in [-0.3, -0.25) is 4.79 Å². The maximum atomic E-state index is 11.4. The van der Waals surface area contributed by atoms with Crippen molar-refractivity contribution in [2.45, 2.75) is 12.3 Å². The van der Waals surface area contributed by atoms with Gasteiger partial charge in [0.15, 0.2) is 0 Å². The first-order valence-corrected chi connectivity index (χ1v) is 5.25. The van der Waals surface area contributed by atoms with Crippen LogP contribution in [-0.2, 0) is 14.3 Å². The molecule has 0 aromatic heterocycles. The van der Waals surface area contributed by atoms with Crippen molar-refractivity contribution in [2.24, 2.45) is 0 Å². The van der Waals surface area contributed by atoms with E-state index in [1.54, 1.807) is 6.07 Å². The summed E-state index contributed by atoms with van der Waals surface area (Å²) in [4.78, 5) is 21.9. The molecule has 1 aromatic carbocycles. The lowest BCUT2D eigenvalue weighted by molar-refractivity contribution is -0.143. The summed E-state index contributed by atoms with van der Waals surface area (Å²) in [7, 11) is 1.32. The van der Waals surface area contributed by atoms with E-state index in [0.717, 1.165) is 16.3 Å². The summed E-state index contributed by atoms with van der Waals surface area (Å²) in [6.45, 7) is 0. The molecule has 0 spiro atoms. The minimum atomic E-state index is -0.509. The molecule has 0 saturated carbocycles. The molecule has 0 aliphatic heterocycles. The Hall–Kier alpha value is -1.16. The molecule has 0 heterocycles. The molecule has 3 nitrogen and oxygen atoms in total. The summed E-state index contributed by atoms with van der Waals surface area (Å²) < 4.78 is 5.52. The van der Waals surface area contributed by atoms with Gasteiger partial charge >= 0.3 is 5.97 Å². The van der Waals surface area contributed by atoms with Crippen LogP contribution in [0.25, 0.3) is 0 Å². The minimum absolute atomic E-state index is 0.142. The molecular weight excluding hydrogens is 260 g/mol. The molecule has 0 amide bonds. The number of rotatable bonds is 4. The number of halogens is 1. The van der Waals surface area contributed by atoms with Crippen molar-refractivity contribution in [3.8, 4) is 0 Å². The summed E-state index contributed by atoms with van der Waals surface area (Å²) >= 11 is 3.31. The van der Waals surface area contributed by atoms with E-state index in [1.807, 2.05) is 18.2 Å². The van der Waals surface area contributed by atoms with Gasteiger partial charge in [-0.15, -0.1) is 0 Å². The standard InChI is InChI=1S/C11H11BrO3/c1-15-11(14)10(5-6-13)8-3-2-4-9(12)7-8/h2-4,6-7,10H,5H2,1H3/t10-/m1/s1. The molecule has 1 atom stereocenters. The highest BCUT2D eigenvalue weighted by Gasteiger charge is 2.20. The second kappa shape index (κ2) is 5.66. The molecule has 1 aromatic rings. The van der Waals surface area contributed by atoms with Gasteiger partial charge in [-0.25, -0.2) is 0 Å². The highest BCUT2D eigenvalue weighted by Crippen LogP contribution is 2.23. The van der Waals surface area contributed by atoms with Crippen LogP contribution in [0.1, 0.15) is 17.9 Å². The lowest BCUT2D eigenvalue weighted by Gasteiger charge is -2.12. The Morgan fingerprint density at radius 3 is 2.87 bits per heavy atom. The van der Waals surface area contributed by atoms with E-state index in [1.165, 1.54) is 7.11 Å². The fraction of sp³-hybridized carbons (Fsp3) is 0.273. The van der Waals surface area contributed by atoms with Crippen molar-refractivity contribution in [1.29, 1.82) is 0 Å². The normalized spacial score (nSPS) is 11.9. The molecule has 0 fully saturated rings. The number of carbonyl (C=O) groups is 2. The molecule has 0 bridgehead atoms. The maximum Gasteiger partial charge on any atom is 0.313 e. The average molecular weight is 271 g/mol. The number of hydrogen-bond acceptors (Lipinski definition) is 3. The molecule has 0 unspecified atom stereocenters. The van der Waals surface area contributed by atoms with E-state index in [4.69, 9.17) is 0 Å². The highest BCUT2D eigenvalue weighted by molar-refractivity contribution is 9.10. The van der Waals surface area contributed by atoms with Crippen LogP contribution in [0.2, 0.25) is 0 Å². The number of methoxy groups -OCH3 is 1. The first-order chi connectivity index (χ1) is 7.19. The fourth-order valence-electron chi connectivity index (χ4n) is 1.33. The summed E-state index contributed by atoms with van der Waals surface area (Å²) in [5.41, 5.74) is 0.781. The monoisotopic (exact) mass is 270 g/mol. The first kappa shape index (κ1) is 11.9. The molecule has 15 heavy (non-hydrogen) atoms. The minimum Gasteiger partial charge on any atom is -0.469 e. The van der Waals surface area contributed by atoms with Crippen LogP contribution in [0.4, 0.5) is 0 Å². The molecule has 0 aliphatic rings. The number of esters is 1. The third-order valence-corrected chi connectivity index (χ3v) is 2.56. The van der Waals surface area contributed by atoms with Gasteiger partial charge in [0.1, 0.15) is 6.29 Å². The predicted octanol–water partition coefficient (Wildman–Crippen LogP) is 2.29. The van der Waals surface area contributed by atoms with Crippen molar-refractivity contribution >= 4 is 28.2 Å². The van der Waals surface area contributed by atoms with E-state index in [9.17, 15) is 9.59 Å². The van der Waals surface area contributed by atoms with Crippen LogP contribution in [0.3, 0.4) is 0 Å². The van der Waals surface area contributed by atoms with Gasteiger partial charge in [0.25, 0.3) is 0 Å². The third kappa shape index (κ3) is 3.16. The highest BCUT2D eigenvalue weighted by atomic mass is 79.9. The van der Waals surface area contributed by atoms with Crippen LogP contribution >= 0.6 is 15.9 Å². The Balaban J connectivity index is 2.98. The maximum absolute atomic E-state index is 11.4. The van der Waals surface area contributed by atoms with Gasteiger partial charge in [0.05, 0.1) is 13.0 Å². The molecule has 0 radical (unpaired) electrons. The number of ether oxygens (including phenoxy) is 1. The van der Waals surface area contributed by atoms with Crippen LogP contribution in [-0.4, -0.2) is 19.4 Å². The fourth-order valence-corrected chi connectivity index (χ4v) is 1.75. The van der Waals surface area contributed by atoms with Gasteiger partial charge in [0, 0.05) is 10.9 Å². The van der Waals surface area contributed by atoms with Gasteiger partial charge in [-0.1, -0.05) is 28.1 Å². The summed E-state index contributed by atoms with van der Waals surface area (Å²) in [6, 6.07) is 7.29. The van der Waals surface area contributed by atoms with Crippen molar-refractivity contribution in [3.05, 3.63) is 34.3 Å². The van der Waals surface area contributed by atoms with Crippen LogP contribution < -0.4 is 0 Å². The van der Waals surface area contributed by atoms with E-state index in [0.29, 0.717) is 0 Å². The second-order valence-corrected chi connectivity index (χ2v) is 3.95. The Bertz CT molecular complexity index is 363. The lowest BCUT2D eigenvalue weighted by atomic mass is 9.97. The second-order valence-electron chi connectivity index (χ2n) is 3.03. The molecule has 0 aliphatic carbocycles. The SMILES string of the molecule is COC(=O)[C@H](CC=O)c1cccc(Br)c1. The van der Waals surface area contributed by atoms with E-state index in [2.05, 4.69) is 20.7 Å². The molecule has 0 N–H and O–H groups in total. The van der Waals surface area contributed by atoms with Gasteiger partial charge in [0.2, 0.25) is 0 Å². The van der Waals surface area contributed by atoms with Crippen LogP contribution in [0, 0.1) is 0 Å². The quantitative estimate of drug-likeness (QED) is 0.623. The van der Waals surface area contributed by atoms with Crippen molar-refractivity contribution in [2.75, 3.05) is 7.11 Å². The van der Waals surface area contributed by atoms with Crippen molar-refractivity contribution in [3.63, 3.8) is 0 Å². The Morgan fingerprint density at radius 1 is 1.60 bits per heavy atom. The van der Waals surface area contributed by atoms with Crippen LogP contribution in [0.15, 0.2) is 28.7 Å². The molecule has 0 saturated heterocycles. The third-order valence-electron chi connectivity index (χ3n) is 2.07. The molecular formula is C11H11BrO3. The summed E-state index contributed by atoms with van der Waals surface area (Å²) in [6.07, 6.45) is 0.867. The number of hydrogen-bond donors (Lipinski definition) is 0. The van der Waals surface area contributed by atoms with Gasteiger partial charge in [-0.2, -0.15) is 0 Å².